The van der Waals surface area contributed by atoms with Gasteiger partial charge in [-0.05, 0) is 31.7 Å². The largest absolute Gasteiger partial charge is 0.390 e. The molecule has 1 saturated carbocycles. The summed E-state index contributed by atoms with van der Waals surface area (Å²) in [5.74, 6) is 0. The second-order valence-corrected chi connectivity index (χ2v) is 3.87. The lowest BCUT2D eigenvalue weighted by molar-refractivity contribution is -0.101. The molecule has 1 fully saturated rings. The van der Waals surface area contributed by atoms with Gasteiger partial charge >= 0.3 is 0 Å². The van der Waals surface area contributed by atoms with Gasteiger partial charge in [0.25, 0.3) is 0 Å². The molecule has 54 valence electrons. The standard InChI is InChI=1S/C7H15NO/c1-6(5-8)3-7(2,9)4-6/h9H,3-5,8H2,1-2H3. The van der Waals surface area contributed by atoms with Crippen molar-refractivity contribution in [1.29, 1.82) is 0 Å². The van der Waals surface area contributed by atoms with Gasteiger partial charge < -0.3 is 10.8 Å². The first-order valence-electron chi connectivity index (χ1n) is 3.40. The molecule has 1 aliphatic rings. The van der Waals surface area contributed by atoms with Crippen LogP contribution >= 0.6 is 0 Å². The van der Waals surface area contributed by atoms with E-state index in [1.54, 1.807) is 0 Å². The third kappa shape index (κ3) is 1.25. The van der Waals surface area contributed by atoms with Gasteiger partial charge in [-0.1, -0.05) is 6.92 Å². The zero-order chi connectivity index (χ0) is 7.12. The summed E-state index contributed by atoms with van der Waals surface area (Å²) in [6.07, 6.45) is 1.72. The van der Waals surface area contributed by atoms with E-state index in [0.717, 1.165) is 12.8 Å². The Bertz CT molecular complexity index is 112. The van der Waals surface area contributed by atoms with Crippen molar-refractivity contribution in [2.24, 2.45) is 11.1 Å². The minimum absolute atomic E-state index is 0.226. The van der Waals surface area contributed by atoms with Crippen LogP contribution in [0.5, 0.6) is 0 Å². The highest BCUT2D eigenvalue weighted by Crippen LogP contribution is 2.46. The molecule has 0 aromatic heterocycles. The summed E-state index contributed by atoms with van der Waals surface area (Å²) in [6.45, 7) is 4.68. The fraction of sp³-hybridized carbons (Fsp3) is 1.00. The Morgan fingerprint density at radius 3 is 2.00 bits per heavy atom. The highest BCUT2D eigenvalue weighted by molar-refractivity contribution is 4.99. The molecule has 0 amide bonds. The van der Waals surface area contributed by atoms with Crippen LogP contribution in [0.25, 0.3) is 0 Å². The Balaban J connectivity index is 2.41. The quantitative estimate of drug-likeness (QED) is 0.541. The maximum Gasteiger partial charge on any atom is 0.0631 e. The number of hydrogen-bond donors (Lipinski definition) is 2. The predicted molar refractivity (Wildman–Crippen MR) is 37.0 cm³/mol. The van der Waals surface area contributed by atoms with E-state index in [9.17, 15) is 5.11 Å². The Hall–Kier alpha value is -0.0800. The van der Waals surface area contributed by atoms with E-state index in [1.165, 1.54) is 0 Å². The molecule has 0 unspecified atom stereocenters. The minimum atomic E-state index is -0.423. The fourth-order valence-corrected chi connectivity index (χ4v) is 1.93. The van der Waals surface area contributed by atoms with Gasteiger partial charge in [-0.15, -0.1) is 0 Å². The van der Waals surface area contributed by atoms with Crippen molar-refractivity contribution in [2.45, 2.75) is 32.3 Å². The van der Waals surface area contributed by atoms with Crippen LogP contribution in [0.2, 0.25) is 0 Å². The smallest absolute Gasteiger partial charge is 0.0631 e. The van der Waals surface area contributed by atoms with Gasteiger partial charge in [0.1, 0.15) is 0 Å². The van der Waals surface area contributed by atoms with Crippen LogP contribution in [-0.2, 0) is 0 Å². The van der Waals surface area contributed by atoms with Crippen LogP contribution in [0, 0.1) is 5.41 Å². The van der Waals surface area contributed by atoms with Gasteiger partial charge in [-0.3, -0.25) is 0 Å². The van der Waals surface area contributed by atoms with Gasteiger partial charge in [0.15, 0.2) is 0 Å². The minimum Gasteiger partial charge on any atom is -0.390 e. The van der Waals surface area contributed by atoms with Gasteiger partial charge in [0.2, 0.25) is 0 Å². The fourth-order valence-electron chi connectivity index (χ4n) is 1.93. The first-order valence-corrected chi connectivity index (χ1v) is 3.40. The summed E-state index contributed by atoms with van der Waals surface area (Å²) in [5.41, 5.74) is 5.28. The third-order valence-electron chi connectivity index (χ3n) is 2.11. The van der Waals surface area contributed by atoms with E-state index in [4.69, 9.17) is 5.73 Å². The molecule has 0 atom stereocenters. The molecule has 0 aliphatic heterocycles. The Morgan fingerprint density at radius 1 is 1.44 bits per heavy atom. The highest BCUT2D eigenvalue weighted by atomic mass is 16.3. The van der Waals surface area contributed by atoms with Crippen LogP contribution in [0.3, 0.4) is 0 Å². The molecule has 1 aliphatic carbocycles. The average molecular weight is 129 g/mol. The summed E-state index contributed by atoms with van der Waals surface area (Å²) in [6, 6.07) is 0. The summed E-state index contributed by atoms with van der Waals surface area (Å²) in [7, 11) is 0. The molecule has 0 heterocycles. The molecule has 0 aromatic rings. The van der Waals surface area contributed by atoms with Gasteiger partial charge in [0.05, 0.1) is 5.60 Å². The Morgan fingerprint density at radius 2 is 1.89 bits per heavy atom. The van der Waals surface area contributed by atoms with Crippen molar-refractivity contribution in [1.82, 2.24) is 0 Å². The Kier molecular flexibility index (Phi) is 1.33. The van der Waals surface area contributed by atoms with Crippen molar-refractivity contribution < 1.29 is 5.11 Å². The number of nitrogens with two attached hydrogens (primary N) is 1. The molecule has 2 nitrogen and oxygen atoms in total. The second-order valence-electron chi connectivity index (χ2n) is 3.87. The topological polar surface area (TPSA) is 46.2 Å². The van der Waals surface area contributed by atoms with E-state index in [-0.39, 0.29) is 5.41 Å². The van der Waals surface area contributed by atoms with E-state index in [0.29, 0.717) is 6.54 Å². The highest BCUT2D eigenvalue weighted by Gasteiger charge is 2.46. The lowest BCUT2D eigenvalue weighted by Gasteiger charge is -2.49. The van der Waals surface area contributed by atoms with Gasteiger partial charge in [0, 0.05) is 0 Å². The van der Waals surface area contributed by atoms with Crippen LogP contribution < -0.4 is 5.73 Å². The normalized spacial score (nSPS) is 50.7. The molecule has 2 heteroatoms. The SMILES string of the molecule is CC1(O)CC(C)(CN)C1. The van der Waals surface area contributed by atoms with Crippen molar-refractivity contribution in [3.8, 4) is 0 Å². The van der Waals surface area contributed by atoms with Crippen molar-refractivity contribution in [3.05, 3.63) is 0 Å². The Labute approximate surface area is 56.1 Å². The molecule has 0 aromatic carbocycles. The van der Waals surface area contributed by atoms with Crippen LogP contribution in [0.1, 0.15) is 26.7 Å². The number of aliphatic hydroxyl groups is 1. The molecule has 0 saturated heterocycles. The van der Waals surface area contributed by atoms with Crippen LogP contribution in [-0.4, -0.2) is 17.3 Å². The van der Waals surface area contributed by atoms with Crippen molar-refractivity contribution >= 4 is 0 Å². The molecule has 3 N–H and O–H groups in total. The summed E-state index contributed by atoms with van der Waals surface area (Å²) < 4.78 is 0. The maximum atomic E-state index is 9.32. The van der Waals surface area contributed by atoms with Crippen LogP contribution in [0.4, 0.5) is 0 Å². The van der Waals surface area contributed by atoms with Crippen molar-refractivity contribution in [3.63, 3.8) is 0 Å². The van der Waals surface area contributed by atoms with Crippen molar-refractivity contribution in [2.75, 3.05) is 6.54 Å². The molecule has 9 heavy (non-hydrogen) atoms. The molecule has 0 bridgehead atoms. The lowest BCUT2D eigenvalue weighted by atomic mass is 9.61. The molecular formula is C7H15NO. The molecule has 1 rings (SSSR count). The first-order chi connectivity index (χ1) is 3.97. The summed E-state index contributed by atoms with van der Waals surface area (Å²) in [5, 5.41) is 9.32. The van der Waals surface area contributed by atoms with E-state index in [1.807, 2.05) is 6.92 Å². The van der Waals surface area contributed by atoms with Gasteiger partial charge in [-0.2, -0.15) is 0 Å². The summed E-state index contributed by atoms with van der Waals surface area (Å²) >= 11 is 0. The zero-order valence-electron chi connectivity index (χ0n) is 6.15. The molecular weight excluding hydrogens is 114 g/mol. The average Bonchev–Trinajstić information content (AvgIpc) is 1.61. The summed E-state index contributed by atoms with van der Waals surface area (Å²) in [4.78, 5) is 0. The molecule has 0 radical (unpaired) electrons. The number of rotatable bonds is 1. The van der Waals surface area contributed by atoms with E-state index < -0.39 is 5.60 Å². The van der Waals surface area contributed by atoms with Crippen LogP contribution in [0.15, 0.2) is 0 Å². The van der Waals surface area contributed by atoms with E-state index in [2.05, 4.69) is 6.92 Å². The zero-order valence-corrected chi connectivity index (χ0v) is 6.15. The number of hydrogen-bond acceptors (Lipinski definition) is 2. The van der Waals surface area contributed by atoms with E-state index >= 15 is 0 Å². The lowest BCUT2D eigenvalue weighted by Crippen LogP contribution is -2.51. The molecule has 0 spiro atoms. The first kappa shape index (κ1) is 7.03. The predicted octanol–water partition coefficient (Wildman–Crippen LogP) is 0.496. The second kappa shape index (κ2) is 1.70. The monoisotopic (exact) mass is 129 g/mol. The van der Waals surface area contributed by atoms with Gasteiger partial charge in [-0.25, -0.2) is 0 Å². The third-order valence-corrected chi connectivity index (χ3v) is 2.11. The maximum absolute atomic E-state index is 9.32.